The molecule has 0 aromatic heterocycles. The molecule has 2 unspecified atom stereocenters. The van der Waals surface area contributed by atoms with Gasteiger partial charge < -0.3 is 25.3 Å². The van der Waals surface area contributed by atoms with Crippen LogP contribution in [0.2, 0.25) is 0 Å². The van der Waals surface area contributed by atoms with E-state index >= 15 is 0 Å². The zero-order valence-corrected chi connectivity index (χ0v) is 48.6. The lowest BCUT2D eigenvalue weighted by Crippen LogP contribution is -2.48. The topological polar surface area (TPSA) is 156 Å². The maximum absolute atomic E-state index is 13.7. The molecule has 8 atom stereocenters. The van der Waals surface area contributed by atoms with Crippen LogP contribution in [-0.4, -0.2) is 77.9 Å². The maximum Gasteiger partial charge on any atom is 0.322 e. The first kappa shape index (κ1) is 59.2. The Morgan fingerprint density at radius 1 is 0.541 bits per heavy atom. The van der Waals surface area contributed by atoms with Gasteiger partial charge in [0.05, 0.1) is 34.9 Å². The van der Waals surface area contributed by atoms with Crippen LogP contribution < -0.4 is 10.6 Å². The fraction of sp³-hybridized carbons (Fsp3) is 0.486. The van der Waals surface area contributed by atoms with Crippen LogP contribution >= 0.6 is 0 Å². The minimum absolute atomic E-state index is 0.111. The van der Waals surface area contributed by atoms with Gasteiger partial charge in [-0.25, -0.2) is 27.2 Å². The molecular weight excluding hydrogens is 1080 g/mol. The summed E-state index contributed by atoms with van der Waals surface area (Å²) in [6.45, 7) is 3.44. The lowest BCUT2D eigenvalue weighted by molar-refractivity contribution is -0.120. The van der Waals surface area contributed by atoms with Crippen molar-refractivity contribution in [3.05, 3.63) is 166 Å². The third kappa shape index (κ3) is 13.2. The number of piperidine rings is 1. The molecule has 11 nitrogen and oxygen atoms in total. The molecule has 1 saturated heterocycles. The Morgan fingerprint density at radius 3 is 1.38 bits per heavy atom. The Balaban J connectivity index is 0.000000141. The SMILES string of the molecule is CN1CCC(CN(C(=O)Nc2ccc(F)c(F)c2)[C@@H]2CC[C@]3(c4cccc(C#N)c4)C[C@@H]3C2)CC1.N#Cc1cccc(C23CCC(=O)CC2C3)c1.N#Cc1cccc([C@]23CC[C@@H](N(CC4CCCCC4)C(=O)Nc4ccc(F)c(F)c4)C[C@H]2C3)c1. The molecule has 7 saturated carbocycles. The number of hydrogen-bond acceptors (Lipinski definition) is 7. The Hall–Kier alpha value is -7.54. The number of amides is 4. The smallest absolute Gasteiger partial charge is 0.321 e. The lowest BCUT2D eigenvalue weighted by Gasteiger charge is -2.40. The number of Topliss-reactive ketones (excluding diaryl/α,β-unsaturated/α-hetero) is 1. The number of rotatable bonds is 11. The molecule has 442 valence electrons. The van der Waals surface area contributed by atoms with Gasteiger partial charge in [0.15, 0.2) is 23.3 Å². The van der Waals surface area contributed by atoms with E-state index in [9.17, 15) is 42.5 Å². The normalized spacial score (nSPS) is 27.4. The number of halogens is 4. The molecule has 1 heterocycles. The summed E-state index contributed by atoms with van der Waals surface area (Å²) < 4.78 is 54.2. The van der Waals surface area contributed by atoms with E-state index in [-0.39, 0.29) is 51.8 Å². The van der Waals surface area contributed by atoms with Crippen LogP contribution in [0.25, 0.3) is 0 Å². The van der Waals surface area contributed by atoms with Crippen molar-refractivity contribution in [1.29, 1.82) is 15.8 Å². The van der Waals surface area contributed by atoms with Gasteiger partial charge in [-0.15, -0.1) is 0 Å². The second-order valence-electron chi connectivity index (χ2n) is 26.0. The quantitative estimate of drug-likeness (QED) is 0.125. The highest BCUT2D eigenvalue weighted by molar-refractivity contribution is 5.90. The number of anilines is 2. The van der Waals surface area contributed by atoms with E-state index in [4.69, 9.17) is 5.26 Å². The van der Waals surface area contributed by atoms with E-state index in [1.165, 1.54) is 48.1 Å². The van der Waals surface area contributed by atoms with Crippen LogP contribution in [0.1, 0.15) is 155 Å². The minimum Gasteiger partial charge on any atom is -0.321 e. The predicted octanol–water partition coefficient (Wildman–Crippen LogP) is 14.9. The van der Waals surface area contributed by atoms with E-state index in [0.717, 1.165) is 139 Å². The number of benzene rings is 5. The van der Waals surface area contributed by atoms with Gasteiger partial charge in [-0.1, -0.05) is 55.7 Å². The highest BCUT2D eigenvalue weighted by atomic mass is 19.2. The first-order valence-corrected chi connectivity index (χ1v) is 30.9. The number of ketones is 1. The zero-order chi connectivity index (χ0) is 59.5. The fourth-order valence-electron chi connectivity index (χ4n) is 15.7. The van der Waals surface area contributed by atoms with Crippen LogP contribution in [0.4, 0.5) is 38.5 Å². The molecule has 0 bridgehead atoms. The molecule has 1 aliphatic heterocycles. The third-order valence-electron chi connectivity index (χ3n) is 20.9. The van der Waals surface area contributed by atoms with Gasteiger partial charge in [0.1, 0.15) is 5.78 Å². The highest BCUT2D eigenvalue weighted by Gasteiger charge is 2.60. The number of nitriles is 3. The molecule has 5 aromatic carbocycles. The summed E-state index contributed by atoms with van der Waals surface area (Å²) >= 11 is 0. The van der Waals surface area contributed by atoms with Crippen molar-refractivity contribution in [3.8, 4) is 18.2 Å². The molecule has 0 radical (unpaired) electrons. The van der Waals surface area contributed by atoms with E-state index in [1.807, 2.05) is 64.4 Å². The number of carbonyl (C=O) groups excluding carboxylic acids is 3. The first-order valence-electron chi connectivity index (χ1n) is 30.9. The summed E-state index contributed by atoms with van der Waals surface area (Å²) in [5.74, 6) is -0.906. The molecule has 7 aliphatic carbocycles. The molecule has 5 aromatic rings. The van der Waals surface area contributed by atoms with Crippen LogP contribution in [0.15, 0.2) is 109 Å². The summed E-state index contributed by atoms with van der Waals surface area (Å²) in [7, 11) is 2.12. The van der Waals surface area contributed by atoms with Crippen molar-refractivity contribution in [1.82, 2.24) is 14.7 Å². The molecule has 15 heteroatoms. The lowest BCUT2D eigenvalue weighted by atomic mass is 9.79. The van der Waals surface area contributed by atoms with Crippen LogP contribution in [0.3, 0.4) is 0 Å². The van der Waals surface area contributed by atoms with E-state index in [0.29, 0.717) is 66.0 Å². The van der Waals surface area contributed by atoms with E-state index in [2.05, 4.69) is 59.0 Å². The second-order valence-corrected chi connectivity index (χ2v) is 26.0. The average Bonchev–Trinajstić information content (AvgIpc) is 2.05. The summed E-state index contributed by atoms with van der Waals surface area (Å²) in [5, 5.41) is 33.2. The van der Waals surface area contributed by atoms with Crippen LogP contribution in [0, 0.1) is 86.9 Å². The summed E-state index contributed by atoms with van der Waals surface area (Å²) in [6.07, 6.45) is 19.4. The molecule has 8 aliphatic rings. The number of likely N-dealkylation sites (tertiary alicyclic amines) is 1. The van der Waals surface area contributed by atoms with Gasteiger partial charge in [-0.2, -0.15) is 15.8 Å². The number of hydrogen-bond donors (Lipinski definition) is 2. The average molecular weight is 1150 g/mol. The molecule has 0 spiro atoms. The number of fused-ring (bicyclic) bond motifs is 3. The van der Waals surface area contributed by atoms with Gasteiger partial charge in [-0.3, -0.25) is 4.79 Å². The van der Waals surface area contributed by atoms with E-state index < -0.39 is 23.3 Å². The monoisotopic (exact) mass is 1150 g/mol. The van der Waals surface area contributed by atoms with Crippen molar-refractivity contribution < 1.29 is 31.9 Å². The van der Waals surface area contributed by atoms with Crippen molar-refractivity contribution in [2.24, 2.45) is 29.6 Å². The molecule has 4 amide bonds. The first-order chi connectivity index (χ1) is 41.1. The second kappa shape index (κ2) is 25.2. The Bertz CT molecular complexity index is 3430. The molecule has 85 heavy (non-hydrogen) atoms. The van der Waals surface area contributed by atoms with Crippen molar-refractivity contribution in [3.63, 3.8) is 0 Å². The molecule has 13 rings (SSSR count). The minimum atomic E-state index is -0.968. The van der Waals surface area contributed by atoms with E-state index in [1.54, 1.807) is 0 Å². The van der Waals surface area contributed by atoms with Gasteiger partial charge in [0, 0.05) is 61.5 Å². The van der Waals surface area contributed by atoms with Crippen LogP contribution in [0.5, 0.6) is 0 Å². The Labute approximate surface area is 497 Å². The Kier molecular flexibility index (Phi) is 17.5. The highest BCUT2D eigenvalue weighted by Crippen LogP contribution is 2.65. The summed E-state index contributed by atoms with van der Waals surface area (Å²) in [5.41, 5.74) is 6.93. The van der Waals surface area contributed by atoms with Crippen LogP contribution in [-0.2, 0) is 21.0 Å². The van der Waals surface area contributed by atoms with Gasteiger partial charge in [0.25, 0.3) is 0 Å². The number of urea groups is 2. The Morgan fingerprint density at radius 2 is 0.965 bits per heavy atom. The van der Waals surface area contributed by atoms with Crippen molar-refractivity contribution >= 4 is 29.2 Å². The largest absolute Gasteiger partial charge is 0.322 e. The fourth-order valence-corrected chi connectivity index (χ4v) is 15.7. The van der Waals surface area contributed by atoms with Crippen molar-refractivity contribution in [2.45, 2.75) is 150 Å². The third-order valence-corrected chi connectivity index (χ3v) is 20.9. The van der Waals surface area contributed by atoms with Gasteiger partial charge in [-0.05, 0) is 233 Å². The maximum atomic E-state index is 13.7. The van der Waals surface area contributed by atoms with Gasteiger partial charge in [0.2, 0.25) is 0 Å². The van der Waals surface area contributed by atoms with Crippen molar-refractivity contribution in [2.75, 3.05) is 43.9 Å². The summed E-state index contributed by atoms with van der Waals surface area (Å²) in [4.78, 5) is 44.5. The standard InChI is InChI=1S/C28H32F2N4O.C28H31F2N3O.C14H13NO/c1-33-11-8-19(9-12-33)18-34(27(35)32-23-5-6-25(29)26(30)15-23)24-7-10-28(16-22(28)14-24)21-4-2-3-20(13-21)17-31;29-25-10-9-23(15-26(25)30)32-27(34)33(18-19-5-2-1-3-6-19)24-11-12-28(16-22(28)14-24)21-8-4-7-20(13-21)17-31;15-9-10-2-1-3-11(6-10)14-5-4-13(16)7-12(14)8-14/h2-6,13,15,19,22,24H,7-12,14,16,18H2,1H3,(H,32,35);4,7-10,13,15,19,22,24H,1-3,5-6,11-12,14,16,18H2,(H,32,34);1-3,6,12H,4-5,7-8H2/t2*22-,24+,28+;/m00./s1. The predicted molar refractivity (Wildman–Crippen MR) is 318 cm³/mol. The molecule has 2 N–H and O–H groups in total. The zero-order valence-electron chi connectivity index (χ0n) is 48.6. The molecular formula is C70H76F4N8O3. The number of nitrogens with one attached hydrogen (secondary N) is 2. The van der Waals surface area contributed by atoms with Gasteiger partial charge >= 0.3 is 12.1 Å². The molecule has 8 fully saturated rings. The number of nitrogens with zero attached hydrogens (tertiary/aromatic N) is 6. The number of carbonyl (C=O) groups is 3. The summed E-state index contributed by atoms with van der Waals surface area (Å²) in [6, 6.07) is 37.3.